The van der Waals surface area contributed by atoms with Gasteiger partial charge < -0.3 is 30.6 Å². The first-order valence-electron chi connectivity index (χ1n) is 22.2. The smallest absolute Gasteiger partial charge is 0.159 e. The Bertz CT molecular complexity index is 2040. The Hall–Kier alpha value is -2.13. The highest BCUT2D eigenvalue weighted by molar-refractivity contribution is 5.96. The number of carbonyl (C=O) groups is 1. The fraction of sp³-hybridized carbons (Fsp3) is 0.735. The summed E-state index contributed by atoms with van der Waals surface area (Å²) in [7, 11) is 0. The van der Waals surface area contributed by atoms with Crippen LogP contribution in [-0.2, 0) is 4.79 Å². The van der Waals surface area contributed by atoms with Crippen LogP contribution in [0.1, 0.15) is 123 Å². The lowest BCUT2D eigenvalue weighted by Gasteiger charge is -2.77. The van der Waals surface area contributed by atoms with Crippen LogP contribution in [0.4, 0.5) is 0 Å². The summed E-state index contributed by atoms with van der Waals surface area (Å²) in [5, 5.41) is 72.8. The van der Waals surface area contributed by atoms with Crippen molar-refractivity contribution in [1.82, 2.24) is 0 Å². The van der Waals surface area contributed by atoms with Gasteiger partial charge in [0.05, 0.1) is 37.1 Å². The third-order valence-electron chi connectivity index (χ3n) is 20.0. The summed E-state index contributed by atoms with van der Waals surface area (Å²) >= 11 is 0. The molecule has 56 heavy (non-hydrogen) atoms. The van der Waals surface area contributed by atoms with Gasteiger partial charge in [-0.1, -0.05) is 76.1 Å². The number of fused-ring (bicyclic) bond motifs is 4. The summed E-state index contributed by atoms with van der Waals surface area (Å²) in [5.41, 5.74) is -2.97. The number of hydrogen-bond acceptors (Lipinski definition) is 7. The predicted molar refractivity (Wildman–Crippen MR) is 215 cm³/mol. The summed E-state index contributed by atoms with van der Waals surface area (Å²) in [6, 6.07) is 6.23. The fourth-order valence-electron chi connectivity index (χ4n) is 18.1. The number of aliphatic hydroxyl groups is 6. The normalized spacial score (nSPS) is 51.4. The topological polar surface area (TPSA) is 138 Å². The van der Waals surface area contributed by atoms with E-state index in [0.717, 1.165) is 67.4 Å². The molecule has 0 aliphatic heterocycles. The van der Waals surface area contributed by atoms with Gasteiger partial charge >= 0.3 is 0 Å². The van der Waals surface area contributed by atoms with Crippen molar-refractivity contribution in [2.24, 2.45) is 73.4 Å². The van der Waals surface area contributed by atoms with Gasteiger partial charge in [0.15, 0.2) is 5.78 Å². The molecule has 7 nitrogen and oxygen atoms in total. The van der Waals surface area contributed by atoms with Gasteiger partial charge in [0.2, 0.25) is 0 Å². The number of benzene rings is 1. The first kappa shape index (κ1) is 38.1. The summed E-state index contributed by atoms with van der Waals surface area (Å²) in [4.78, 5) is 16.0. The van der Waals surface area contributed by atoms with Crippen LogP contribution in [0.5, 0.6) is 0 Å². The maximum absolute atomic E-state index is 16.0. The van der Waals surface area contributed by atoms with Crippen molar-refractivity contribution >= 4 is 17.9 Å². The van der Waals surface area contributed by atoms with Gasteiger partial charge in [-0.3, -0.25) is 4.79 Å². The summed E-state index contributed by atoms with van der Waals surface area (Å²) in [6.45, 7) is 10.3. The van der Waals surface area contributed by atoms with Gasteiger partial charge in [0.1, 0.15) is 0 Å². The third-order valence-corrected chi connectivity index (χ3v) is 20.0. The predicted octanol–water partition coefficient (Wildman–Crippen LogP) is 5.28. The maximum atomic E-state index is 16.0. The van der Waals surface area contributed by atoms with Crippen LogP contribution in [0.3, 0.4) is 0 Å². The van der Waals surface area contributed by atoms with Crippen LogP contribution >= 0.6 is 0 Å². The highest BCUT2D eigenvalue weighted by Crippen LogP contribution is 2.84. The van der Waals surface area contributed by atoms with Gasteiger partial charge in [0, 0.05) is 16.7 Å². The Morgan fingerprint density at radius 2 is 1.66 bits per heavy atom. The number of aliphatic hydroxyl groups excluding tert-OH is 5. The van der Waals surface area contributed by atoms with Crippen molar-refractivity contribution in [3.05, 3.63) is 58.0 Å². The molecule has 6 fully saturated rings. The lowest BCUT2D eigenvalue weighted by molar-refractivity contribution is -0.284. The highest BCUT2D eigenvalue weighted by Gasteiger charge is 2.81. The Morgan fingerprint density at radius 1 is 0.893 bits per heavy atom. The third kappa shape index (κ3) is 4.20. The molecule has 304 valence electrons. The molecular formula is C49H66O7. The number of allylic oxidation sites excluding steroid dienone is 3. The summed E-state index contributed by atoms with van der Waals surface area (Å²) in [5.74, 6) is -0.287. The molecule has 6 saturated carbocycles. The molecule has 9 aliphatic carbocycles. The maximum Gasteiger partial charge on any atom is 0.159 e. The Morgan fingerprint density at radius 3 is 2.39 bits per heavy atom. The number of hydrogen-bond donors (Lipinski definition) is 6. The van der Waals surface area contributed by atoms with Crippen molar-refractivity contribution in [2.45, 2.75) is 136 Å². The zero-order valence-corrected chi connectivity index (χ0v) is 34.3. The lowest BCUT2D eigenvalue weighted by Crippen LogP contribution is -2.77. The second-order valence-electron chi connectivity index (χ2n) is 22.2. The largest absolute Gasteiger partial charge is 0.396 e. The second kappa shape index (κ2) is 11.8. The van der Waals surface area contributed by atoms with E-state index in [1.807, 2.05) is 19.1 Å². The van der Waals surface area contributed by atoms with Crippen molar-refractivity contribution in [2.75, 3.05) is 13.2 Å². The average Bonchev–Trinajstić information content (AvgIpc) is 3.53. The van der Waals surface area contributed by atoms with Gasteiger partial charge in [-0.05, 0) is 162 Å². The molecule has 0 unspecified atom stereocenters. The SMILES string of the molecule is C[C@@H](O)c1ccc2c(c1)=C[C@@H]1[C@@H](C=2)CC[C@@]23CC[C@@H]4[C@](C)([C@H](O)CO)[C@@H](O)CC[C@@]14[C@H]2C(=O)C=C1[C@H]2CC(C)(C)C[C@@]45CCC[C@@H]4C=C[C@](O)(C[C@]13C)[C@]25CO. The van der Waals surface area contributed by atoms with Gasteiger partial charge in [0.25, 0.3) is 0 Å². The summed E-state index contributed by atoms with van der Waals surface area (Å²) < 4.78 is 0. The van der Waals surface area contributed by atoms with E-state index < -0.39 is 63.5 Å². The van der Waals surface area contributed by atoms with Crippen LogP contribution < -0.4 is 10.4 Å². The molecule has 2 bridgehead atoms. The molecule has 7 heteroatoms. The molecule has 2 spiro atoms. The monoisotopic (exact) mass is 766 g/mol. The minimum Gasteiger partial charge on any atom is -0.396 e. The van der Waals surface area contributed by atoms with Gasteiger partial charge in [-0.25, -0.2) is 0 Å². The van der Waals surface area contributed by atoms with E-state index in [-0.39, 0.29) is 46.9 Å². The number of ketones is 1. The molecule has 0 amide bonds. The first-order valence-corrected chi connectivity index (χ1v) is 22.2. The van der Waals surface area contributed by atoms with Crippen LogP contribution in [-0.4, -0.2) is 67.4 Å². The van der Waals surface area contributed by atoms with Crippen LogP contribution in [0, 0.1) is 73.4 Å². The average molecular weight is 767 g/mol. The minimum absolute atomic E-state index is 0.0334. The molecule has 10 rings (SSSR count). The first-order chi connectivity index (χ1) is 26.4. The van der Waals surface area contributed by atoms with E-state index in [1.165, 1.54) is 5.57 Å². The molecular weight excluding hydrogens is 701 g/mol. The zero-order valence-electron chi connectivity index (χ0n) is 34.3. The van der Waals surface area contributed by atoms with E-state index in [1.54, 1.807) is 6.92 Å². The van der Waals surface area contributed by atoms with E-state index >= 15 is 4.79 Å². The van der Waals surface area contributed by atoms with Crippen LogP contribution in [0.25, 0.3) is 12.2 Å². The Balaban J connectivity index is 1.24. The van der Waals surface area contributed by atoms with Gasteiger partial charge in [-0.15, -0.1) is 0 Å². The van der Waals surface area contributed by atoms with E-state index in [9.17, 15) is 30.6 Å². The molecule has 0 heterocycles. The lowest BCUT2D eigenvalue weighted by atomic mass is 9.27. The molecule has 16 atom stereocenters. The highest BCUT2D eigenvalue weighted by atomic mass is 16.3. The molecule has 0 radical (unpaired) electrons. The van der Waals surface area contributed by atoms with E-state index in [0.29, 0.717) is 31.6 Å². The standard InChI is InChI=1S/C49H66O7/c1-28(52)29-8-9-30-20-31-10-15-45-16-12-38-44(5,40(55)24-50)39(54)13-18-48(38,34(31)21-32(30)19-29)41(45)37(53)22-35-36-23-42(2,3)25-46-14-6-7-33(46)11-17-47(56,26-43(35,45)4)49(36,46)27-51/h8-9,11,17,19-22,28,31,33-34,36,38-41,50-52,54-56H,6-7,10,12-16,18,23-27H2,1-5H3/t28-,31-,33-,34-,36-,38-,39+,40-,41+,43-,44+,45-,46+,47+,48-,49-/m1/s1. The fourth-order valence-corrected chi connectivity index (χ4v) is 18.1. The van der Waals surface area contributed by atoms with Crippen molar-refractivity contribution in [1.29, 1.82) is 0 Å². The zero-order chi connectivity index (χ0) is 39.6. The molecule has 0 aromatic heterocycles. The second-order valence-corrected chi connectivity index (χ2v) is 22.2. The van der Waals surface area contributed by atoms with Gasteiger partial charge in [-0.2, -0.15) is 0 Å². The number of rotatable bonds is 4. The van der Waals surface area contributed by atoms with Crippen LogP contribution in [0.15, 0.2) is 42.0 Å². The summed E-state index contributed by atoms with van der Waals surface area (Å²) in [6.07, 6.45) is 18.3. The van der Waals surface area contributed by atoms with Crippen molar-refractivity contribution < 1.29 is 35.4 Å². The quantitative estimate of drug-likeness (QED) is 0.230. The Kier molecular flexibility index (Phi) is 8.02. The molecule has 1 aromatic carbocycles. The number of carbonyl (C=O) groups excluding carboxylic acids is 1. The van der Waals surface area contributed by atoms with E-state index in [4.69, 9.17) is 0 Å². The van der Waals surface area contributed by atoms with Crippen molar-refractivity contribution in [3.63, 3.8) is 0 Å². The molecule has 9 aliphatic rings. The molecule has 1 aromatic rings. The van der Waals surface area contributed by atoms with E-state index in [2.05, 4.69) is 57.2 Å². The van der Waals surface area contributed by atoms with Crippen LogP contribution in [0.2, 0.25) is 0 Å². The molecule has 6 N–H and O–H groups in total. The Labute approximate surface area is 332 Å². The molecule has 0 saturated heterocycles. The minimum atomic E-state index is -1.24. The van der Waals surface area contributed by atoms with Crippen molar-refractivity contribution in [3.8, 4) is 0 Å².